The van der Waals surface area contributed by atoms with E-state index >= 15 is 0 Å². The maximum absolute atomic E-state index is 5.35. The van der Waals surface area contributed by atoms with Crippen LogP contribution in [0.5, 0.6) is 0 Å². The quantitative estimate of drug-likeness (QED) is 0.148. The largest absolute Gasteiger partial charge is 0.380 e. The van der Waals surface area contributed by atoms with E-state index in [0.29, 0.717) is 18.6 Å². The van der Waals surface area contributed by atoms with Gasteiger partial charge in [0.1, 0.15) is 0 Å². The molecule has 0 aromatic carbocycles. The first-order chi connectivity index (χ1) is 11.1. The van der Waals surface area contributed by atoms with Gasteiger partial charge in [-0.2, -0.15) is 0 Å². The third-order valence-electron chi connectivity index (χ3n) is 3.49. The third kappa shape index (κ3) is 11.9. The molecule has 0 aliphatic rings. The molecule has 0 saturated carbocycles. The molecule has 6 heteroatoms. The Bertz CT molecular complexity index is 338. The molecule has 2 N–H and O–H groups in total. The summed E-state index contributed by atoms with van der Waals surface area (Å²) in [6, 6.07) is 0.355. The van der Waals surface area contributed by atoms with Crippen LogP contribution in [0.25, 0.3) is 0 Å². The van der Waals surface area contributed by atoms with Crippen molar-refractivity contribution in [3.8, 4) is 0 Å². The van der Waals surface area contributed by atoms with E-state index in [-0.39, 0.29) is 24.0 Å². The Kier molecular flexibility index (Phi) is 18.4. The highest BCUT2D eigenvalue weighted by molar-refractivity contribution is 14.0. The van der Waals surface area contributed by atoms with Crippen LogP contribution in [0.4, 0.5) is 0 Å². The fourth-order valence-electron chi connectivity index (χ4n) is 2.34. The molecular formula is C18H37IN4O. The summed E-state index contributed by atoms with van der Waals surface area (Å²) in [6.07, 6.45) is 3.88. The molecule has 0 saturated heterocycles. The van der Waals surface area contributed by atoms with Crippen molar-refractivity contribution in [1.29, 1.82) is 0 Å². The summed E-state index contributed by atoms with van der Waals surface area (Å²) < 4.78 is 5.35. The zero-order chi connectivity index (χ0) is 17.5. The second kappa shape index (κ2) is 17.2. The van der Waals surface area contributed by atoms with Gasteiger partial charge < -0.3 is 15.4 Å². The fraction of sp³-hybridized carbons (Fsp3) is 0.722. The van der Waals surface area contributed by atoms with E-state index in [2.05, 4.69) is 49.5 Å². The summed E-state index contributed by atoms with van der Waals surface area (Å²) in [5.41, 5.74) is 0. The van der Waals surface area contributed by atoms with Crippen LogP contribution in [0, 0.1) is 5.92 Å². The van der Waals surface area contributed by atoms with E-state index in [1.165, 1.54) is 0 Å². The van der Waals surface area contributed by atoms with Crippen LogP contribution in [0.2, 0.25) is 0 Å². The minimum absolute atomic E-state index is 0. The molecule has 0 aliphatic carbocycles. The number of rotatable bonds is 13. The molecule has 0 bridgehead atoms. The van der Waals surface area contributed by atoms with Gasteiger partial charge in [0.25, 0.3) is 0 Å². The lowest BCUT2D eigenvalue weighted by molar-refractivity contribution is 0.152. The number of halogens is 1. The van der Waals surface area contributed by atoms with E-state index in [1.807, 2.05) is 19.1 Å². The smallest absolute Gasteiger partial charge is 0.191 e. The van der Waals surface area contributed by atoms with Crippen molar-refractivity contribution in [3.05, 3.63) is 25.3 Å². The molecule has 0 spiro atoms. The molecule has 1 unspecified atom stereocenters. The van der Waals surface area contributed by atoms with Crippen molar-refractivity contribution in [3.63, 3.8) is 0 Å². The lowest BCUT2D eigenvalue weighted by atomic mass is 10.0. The molecule has 0 aliphatic heterocycles. The number of aliphatic imine (C=N–C) groups is 1. The molecule has 0 aromatic rings. The summed E-state index contributed by atoms with van der Waals surface area (Å²) in [5, 5.41) is 6.59. The van der Waals surface area contributed by atoms with E-state index in [4.69, 9.17) is 9.73 Å². The molecular weight excluding hydrogens is 415 g/mol. The Morgan fingerprint density at radius 3 is 2.25 bits per heavy atom. The molecule has 0 radical (unpaired) electrons. The fourth-order valence-corrected chi connectivity index (χ4v) is 2.34. The summed E-state index contributed by atoms with van der Waals surface area (Å²) in [5.74, 6) is 1.35. The molecule has 0 aromatic heterocycles. The van der Waals surface area contributed by atoms with E-state index in [0.717, 1.165) is 45.3 Å². The Morgan fingerprint density at radius 2 is 1.79 bits per heavy atom. The first-order valence-corrected chi connectivity index (χ1v) is 8.66. The lowest BCUT2D eigenvalue weighted by Crippen LogP contribution is -2.44. The highest BCUT2D eigenvalue weighted by atomic mass is 127. The zero-order valence-corrected chi connectivity index (χ0v) is 18.2. The van der Waals surface area contributed by atoms with E-state index in [1.54, 1.807) is 0 Å². The van der Waals surface area contributed by atoms with Gasteiger partial charge in [0.05, 0.1) is 13.2 Å². The average Bonchev–Trinajstić information content (AvgIpc) is 2.51. The maximum Gasteiger partial charge on any atom is 0.191 e. The van der Waals surface area contributed by atoms with Gasteiger partial charge in [-0.3, -0.25) is 9.89 Å². The second-order valence-corrected chi connectivity index (χ2v) is 5.69. The second-order valence-electron chi connectivity index (χ2n) is 5.69. The van der Waals surface area contributed by atoms with Gasteiger partial charge in [-0.05, 0) is 19.8 Å². The van der Waals surface area contributed by atoms with Gasteiger partial charge in [-0.15, -0.1) is 37.1 Å². The van der Waals surface area contributed by atoms with Crippen LogP contribution in [0.3, 0.4) is 0 Å². The number of ether oxygens (including phenoxy) is 1. The van der Waals surface area contributed by atoms with E-state index < -0.39 is 0 Å². The van der Waals surface area contributed by atoms with Crippen molar-refractivity contribution in [2.45, 2.75) is 33.7 Å². The molecule has 5 nitrogen and oxygen atoms in total. The molecule has 1 atom stereocenters. The summed E-state index contributed by atoms with van der Waals surface area (Å²) in [6.45, 7) is 21.7. The number of hydrogen-bond donors (Lipinski definition) is 2. The van der Waals surface area contributed by atoms with Gasteiger partial charge in [-0.25, -0.2) is 0 Å². The summed E-state index contributed by atoms with van der Waals surface area (Å²) in [4.78, 5) is 7.11. The number of guanidine groups is 1. The Labute approximate surface area is 166 Å². The highest BCUT2D eigenvalue weighted by Gasteiger charge is 2.19. The molecule has 24 heavy (non-hydrogen) atoms. The Hall–Kier alpha value is -0.600. The highest BCUT2D eigenvalue weighted by Crippen LogP contribution is 2.11. The van der Waals surface area contributed by atoms with Crippen molar-refractivity contribution in [1.82, 2.24) is 15.5 Å². The van der Waals surface area contributed by atoms with Gasteiger partial charge in [-0.1, -0.05) is 26.0 Å². The minimum atomic E-state index is 0. The van der Waals surface area contributed by atoms with Crippen molar-refractivity contribution in [2.75, 3.05) is 45.9 Å². The number of nitrogens with one attached hydrogen (secondary N) is 2. The average molecular weight is 452 g/mol. The number of hydrogen-bond acceptors (Lipinski definition) is 3. The van der Waals surface area contributed by atoms with Crippen LogP contribution in [0.1, 0.15) is 27.7 Å². The Morgan fingerprint density at radius 1 is 1.17 bits per heavy atom. The van der Waals surface area contributed by atoms with Gasteiger partial charge in [0, 0.05) is 38.8 Å². The molecule has 0 fully saturated rings. The topological polar surface area (TPSA) is 48.9 Å². The third-order valence-corrected chi connectivity index (χ3v) is 3.49. The van der Waals surface area contributed by atoms with Crippen molar-refractivity contribution < 1.29 is 4.74 Å². The van der Waals surface area contributed by atoms with Crippen LogP contribution >= 0.6 is 24.0 Å². The molecule has 0 amide bonds. The standard InChI is InChI=1S/C18H36N4O.HI/c1-7-12-22(13-8-2)17(16(5)6)15-21-18(19-9-3)20-11-14-23-10-4;/h7-8,16-17H,1-2,9-15H2,3-6H3,(H2,19,20,21);1H. The van der Waals surface area contributed by atoms with Crippen LogP contribution in [0.15, 0.2) is 30.3 Å². The first kappa shape index (κ1) is 25.6. The van der Waals surface area contributed by atoms with Crippen LogP contribution in [-0.4, -0.2) is 62.8 Å². The van der Waals surface area contributed by atoms with Gasteiger partial charge >= 0.3 is 0 Å². The van der Waals surface area contributed by atoms with Crippen LogP contribution < -0.4 is 10.6 Å². The van der Waals surface area contributed by atoms with Gasteiger partial charge in [0.15, 0.2) is 5.96 Å². The van der Waals surface area contributed by atoms with Crippen LogP contribution in [-0.2, 0) is 4.74 Å². The SMILES string of the molecule is C=CCN(CC=C)C(CN=C(NCC)NCCOCC)C(C)C.I. The summed E-state index contributed by atoms with van der Waals surface area (Å²) >= 11 is 0. The predicted octanol–water partition coefficient (Wildman–Crippen LogP) is 2.89. The maximum atomic E-state index is 5.35. The monoisotopic (exact) mass is 452 g/mol. The molecule has 0 rings (SSSR count). The minimum Gasteiger partial charge on any atom is -0.380 e. The summed E-state index contributed by atoms with van der Waals surface area (Å²) in [7, 11) is 0. The molecule has 0 heterocycles. The normalized spacial score (nSPS) is 12.7. The number of nitrogens with zero attached hydrogens (tertiary/aromatic N) is 2. The molecule has 142 valence electrons. The van der Waals surface area contributed by atoms with Gasteiger partial charge in [0.2, 0.25) is 0 Å². The lowest BCUT2D eigenvalue weighted by Gasteiger charge is -2.32. The van der Waals surface area contributed by atoms with Crippen molar-refractivity contribution in [2.24, 2.45) is 10.9 Å². The predicted molar refractivity (Wildman–Crippen MR) is 116 cm³/mol. The Balaban J connectivity index is 0. The van der Waals surface area contributed by atoms with E-state index in [9.17, 15) is 0 Å². The van der Waals surface area contributed by atoms with Crippen molar-refractivity contribution >= 4 is 29.9 Å². The first-order valence-electron chi connectivity index (χ1n) is 8.66. The zero-order valence-electron chi connectivity index (χ0n) is 15.9.